The standard InChI is InChI=1S/C26H26N2O6/c1-4-32-24-15-19(16-27-28-25(29)17-33-22-8-6-5-7-18(22)2)9-14-23(24)34-26(30)20-10-12-21(31-3)13-11-20/h5-16H,4,17H2,1-3H3,(H,28,29)/b27-16+. The zero-order valence-electron chi connectivity index (χ0n) is 19.2. The van der Waals surface area contributed by atoms with Crippen LogP contribution in [-0.2, 0) is 4.79 Å². The van der Waals surface area contributed by atoms with Crippen molar-refractivity contribution in [2.24, 2.45) is 5.10 Å². The molecule has 0 aliphatic heterocycles. The van der Waals surface area contributed by atoms with E-state index >= 15 is 0 Å². The fourth-order valence-corrected chi connectivity index (χ4v) is 2.92. The summed E-state index contributed by atoms with van der Waals surface area (Å²) in [6, 6.07) is 19.0. The van der Waals surface area contributed by atoms with Crippen LogP contribution in [0.4, 0.5) is 0 Å². The predicted molar refractivity (Wildman–Crippen MR) is 128 cm³/mol. The number of carbonyl (C=O) groups is 2. The second kappa shape index (κ2) is 12.1. The SMILES string of the molecule is CCOc1cc(/C=N/NC(=O)COc2ccccc2C)ccc1OC(=O)c1ccc(OC)cc1. The number of hydrogen-bond donors (Lipinski definition) is 1. The lowest BCUT2D eigenvalue weighted by Gasteiger charge is -2.11. The Kier molecular flexibility index (Phi) is 8.62. The quantitative estimate of drug-likeness (QED) is 0.211. The summed E-state index contributed by atoms with van der Waals surface area (Å²) in [5.41, 5.74) is 4.38. The molecule has 0 heterocycles. The van der Waals surface area contributed by atoms with Crippen molar-refractivity contribution < 1.29 is 28.5 Å². The Balaban J connectivity index is 1.60. The van der Waals surface area contributed by atoms with Crippen LogP contribution in [0.15, 0.2) is 71.8 Å². The van der Waals surface area contributed by atoms with Gasteiger partial charge in [0.1, 0.15) is 11.5 Å². The fourth-order valence-electron chi connectivity index (χ4n) is 2.92. The number of nitrogens with zero attached hydrogens (tertiary/aromatic N) is 1. The van der Waals surface area contributed by atoms with Gasteiger partial charge in [-0.3, -0.25) is 4.79 Å². The zero-order chi connectivity index (χ0) is 24.3. The van der Waals surface area contributed by atoms with Crippen molar-refractivity contribution in [3.63, 3.8) is 0 Å². The Morgan fingerprint density at radius 2 is 1.71 bits per heavy atom. The van der Waals surface area contributed by atoms with Crippen LogP contribution in [0.5, 0.6) is 23.0 Å². The number of methoxy groups -OCH3 is 1. The molecule has 0 radical (unpaired) electrons. The Hall–Kier alpha value is -4.33. The molecule has 8 nitrogen and oxygen atoms in total. The monoisotopic (exact) mass is 462 g/mol. The number of ether oxygens (including phenoxy) is 4. The number of nitrogens with one attached hydrogen (secondary N) is 1. The van der Waals surface area contributed by atoms with E-state index in [0.717, 1.165) is 5.56 Å². The molecule has 0 bridgehead atoms. The molecule has 0 spiro atoms. The summed E-state index contributed by atoms with van der Waals surface area (Å²) in [4.78, 5) is 24.5. The van der Waals surface area contributed by atoms with E-state index in [1.54, 1.807) is 55.6 Å². The molecule has 3 aromatic rings. The minimum atomic E-state index is -0.522. The number of esters is 1. The van der Waals surface area contributed by atoms with Crippen molar-refractivity contribution in [2.45, 2.75) is 13.8 Å². The lowest BCUT2D eigenvalue weighted by molar-refractivity contribution is -0.123. The van der Waals surface area contributed by atoms with Gasteiger partial charge in [-0.25, -0.2) is 10.2 Å². The van der Waals surface area contributed by atoms with E-state index in [2.05, 4.69) is 10.5 Å². The Labute approximate surface area is 198 Å². The van der Waals surface area contributed by atoms with Gasteiger partial charge in [0.25, 0.3) is 5.91 Å². The average Bonchev–Trinajstić information content (AvgIpc) is 2.85. The van der Waals surface area contributed by atoms with E-state index in [0.29, 0.717) is 35.0 Å². The van der Waals surface area contributed by atoms with Crippen LogP contribution in [0.3, 0.4) is 0 Å². The number of hydrogen-bond acceptors (Lipinski definition) is 7. The predicted octanol–water partition coefficient (Wildman–Crippen LogP) is 4.15. The molecule has 8 heteroatoms. The summed E-state index contributed by atoms with van der Waals surface area (Å²) in [6.07, 6.45) is 1.46. The van der Waals surface area contributed by atoms with Gasteiger partial charge in [-0.1, -0.05) is 18.2 Å². The highest BCUT2D eigenvalue weighted by Crippen LogP contribution is 2.29. The molecule has 0 atom stereocenters. The van der Waals surface area contributed by atoms with Gasteiger partial charge in [0, 0.05) is 0 Å². The molecule has 34 heavy (non-hydrogen) atoms. The molecule has 1 N–H and O–H groups in total. The fraction of sp³-hybridized carbons (Fsp3) is 0.192. The van der Waals surface area contributed by atoms with Crippen LogP contribution in [0.1, 0.15) is 28.4 Å². The van der Waals surface area contributed by atoms with E-state index in [1.807, 2.05) is 32.0 Å². The van der Waals surface area contributed by atoms with E-state index in [4.69, 9.17) is 18.9 Å². The number of para-hydroxylation sites is 1. The average molecular weight is 463 g/mol. The molecule has 0 aromatic heterocycles. The lowest BCUT2D eigenvalue weighted by Crippen LogP contribution is -2.24. The van der Waals surface area contributed by atoms with Crippen molar-refractivity contribution in [2.75, 3.05) is 20.3 Å². The van der Waals surface area contributed by atoms with Crippen LogP contribution in [-0.4, -0.2) is 38.4 Å². The van der Waals surface area contributed by atoms with Crippen molar-refractivity contribution >= 4 is 18.1 Å². The summed E-state index contributed by atoms with van der Waals surface area (Å²) in [6.45, 7) is 3.94. The van der Waals surface area contributed by atoms with Crippen molar-refractivity contribution in [3.05, 3.63) is 83.4 Å². The molecule has 0 saturated carbocycles. The maximum atomic E-state index is 12.5. The molecular weight excluding hydrogens is 436 g/mol. The first-order valence-corrected chi connectivity index (χ1v) is 10.6. The number of aryl methyl sites for hydroxylation is 1. The first kappa shape index (κ1) is 24.3. The minimum absolute atomic E-state index is 0.160. The Morgan fingerprint density at radius 3 is 2.41 bits per heavy atom. The minimum Gasteiger partial charge on any atom is -0.497 e. The van der Waals surface area contributed by atoms with Crippen LogP contribution in [0.2, 0.25) is 0 Å². The van der Waals surface area contributed by atoms with Gasteiger partial charge in [0.05, 0.1) is 25.5 Å². The molecule has 1 amide bonds. The van der Waals surface area contributed by atoms with Crippen molar-refractivity contribution in [1.29, 1.82) is 0 Å². The third kappa shape index (κ3) is 6.83. The highest BCUT2D eigenvalue weighted by Gasteiger charge is 2.13. The molecule has 3 aromatic carbocycles. The topological polar surface area (TPSA) is 95.5 Å². The van der Waals surface area contributed by atoms with E-state index in [1.165, 1.54) is 6.21 Å². The van der Waals surface area contributed by atoms with Gasteiger partial charge in [-0.15, -0.1) is 0 Å². The smallest absolute Gasteiger partial charge is 0.343 e. The van der Waals surface area contributed by atoms with Gasteiger partial charge in [0.2, 0.25) is 0 Å². The molecule has 176 valence electrons. The van der Waals surface area contributed by atoms with E-state index in [9.17, 15) is 9.59 Å². The van der Waals surface area contributed by atoms with Crippen molar-refractivity contribution in [3.8, 4) is 23.0 Å². The maximum Gasteiger partial charge on any atom is 0.343 e. The summed E-state index contributed by atoms with van der Waals surface area (Å²) in [7, 11) is 1.55. The normalized spacial score (nSPS) is 10.6. The number of rotatable bonds is 10. The van der Waals surface area contributed by atoms with Crippen LogP contribution < -0.4 is 24.4 Å². The largest absolute Gasteiger partial charge is 0.497 e. The summed E-state index contributed by atoms with van der Waals surface area (Å²) < 4.78 is 21.7. The number of carbonyl (C=O) groups excluding carboxylic acids is 2. The third-order valence-corrected chi connectivity index (χ3v) is 4.65. The van der Waals surface area contributed by atoms with E-state index < -0.39 is 11.9 Å². The molecule has 0 aliphatic rings. The summed E-state index contributed by atoms with van der Waals surface area (Å²) >= 11 is 0. The van der Waals surface area contributed by atoms with Crippen molar-refractivity contribution in [1.82, 2.24) is 5.43 Å². The zero-order valence-corrected chi connectivity index (χ0v) is 19.2. The number of benzene rings is 3. The molecule has 0 aliphatic carbocycles. The van der Waals surface area contributed by atoms with Gasteiger partial charge in [-0.2, -0.15) is 5.10 Å². The van der Waals surface area contributed by atoms with Crippen LogP contribution in [0.25, 0.3) is 0 Å². The summed E-state index contributed by atoms with van der Waals surface area (Å²) in [5.74, 6) is 1.02. The van der Waals surface area contributed by atoms with Gasteiger partial charge >= 0.3 is 5.97 Å². The lowest BCUT2D eigenvalue weighted by atomic mass is 10.2. The van der Waals surface area contributed by atoms with Gasteiger partial charge in [0.15, 0.2) is 18.1 Å². The molecule has 0 unspecified atom stereocenters. The van der Waals surface area contributed by atoms with Crippen LogP contribution in [0, 0.1) is 6.92 Å². The molecular formula is C26H26N2O6. The number of amides is 1. The highest BCUT2D eigenvalue weighted by atomic mass is 16.6. The van der Waals surface area contributed by atoms with Crippen LogP contribution >= 0.6 is 0 Å². The molecule has 0 saturated heterocycles. The second-order valence-electron chi connectivity index (χ2n) is 7.10. The first-order valence-electron chi connectivity index (χ1n) is 10.6. The molecule has 3 rings (SSSR count). The van der Waals surface area contributed by atoms with E-state index in [-0.39, 0.29) is 12.4 Å². The highest BCUT2D eigenvalue weighted by molar-refractivity contribution is 5.92. The van der Waals surface area contributed by atoms with Gasteiger partial charge < -0.3 is 18.9 Å². The third-order valence-electron chi connectivity index (χ3n) is 4.65. The first-order chi connectivity index (χ1) is 16.5. The maximum absolute atomic E-state index is 12.5. The molecule has 0 fully saturated rings. The Bertz CT molecular complexity index is 1160. The second-order valence-corrected chi connectivity index (χ2v) is 7.10. The Morgan fingerprint density at radius 1 is 0.941 bits per heavy atom. The van der Waals surface area contributed by atoms with Gasteiger partial charge in [-0.05, 0) is 73.5 Å². The number of hydrazone groups is 1. The summed E-state index contributed by atoms with van der Waals surface area (Å²) in [5, 5.41) is 3.95.